The molecule has 0 saturated carbocycles. The predicted octanol–water partition coefficient (Wildman–Crippen LogP) is 3.09. The molecule has 8 heteroatoms. The molecule has 1 aromatic carbocycles. The van der Waals surface area contributed by atoms with Gasteiger partial charge < -0.3 is 14.0 Å². The van der Waals surface area contributed by atoms with E-state index in [1.165, 1.54) is 20.3 Å². The van der Waals surface area contributed by atoms with Crippen LogP contribution < -0.4 is 9.47 Å². The van der Waals surface area contributed by atoms with Gasteiger partial charge in [0.2, 0.25) is 10.0 Å². The van der Waals surface area contributed by atoms with Crippen molar-refractivity contribution in [3.8, 4) is 11.5 Å². The lowest BCUT2D eigenvalue weighted by molar-refractivity contribution is 0.352. The van der Waals surface area contributed by atoms with Crippen molar-refractivity contribution in [2.24, 2.45) is 0 Å². The molecule has 0 N–H and O–H groups in total. The van der Waals surface area contributed by atoms with Crippen LogP contribution >= 0.6 is 0 Å². The van der Waals surface area contributed by atoms with Gasteiger partial charge in [-0.05, 0) is 31.9 Å². The first-order chi connectivity index (χ1) is 12.4. The molecule has 1 unspecified atom stereocenters. The number of ether oxygens (including phenoxy) is 2. The molecule has 1 atom stereocenters. The maximum Gasteiger partial charge on any atom is 0.243 e. The van der Waals surface area contributed by atoms with Crippen LogP contribution in [0, 0.1) is 6.92 Å². The molecule has 7 nitrogen and oxygen atoms in total. The first-order valence-electron chi connectivity index (χ1n) is 8.63. The van der Waals surface area contributed by atoms with Gasteiger partial charge in [-0.25, -0.2) is 8.42 Å². The molecule has 26 heavy (non-hydrogen) atoms. The fourth-order valence-corrected chi connectivity index (χ4v) is 5.22. The van der Waals surface area contributed by atoms with Crippen molar-refractivity contribution < 1.29 is 22.4 Å². The molecule has 2 heterocycles. The Hall–Kier alpha value is -2.06. The van der Waals surface area contributed by atoms with Crippen LogP contribution in [-0.4, -0.2) is 38.6 Å². The van der Waals surface area contributed by atoms with Gasteiger partial charge >= 0.3 is 0 Å². The van der Waals surface area contributed by atoms with Crippen LogP contribution in [0.15, 0.2) is 27.6 Å². The van der Waals surface area contributed by atoms with Gasteiger partial charge in [0.05, 0.1) is 30.9 Å². The number of nitrogens with zero attached hydrogens (tertiary/aromatic N) is 2. The molecule has 0 amide bonds. The molecule has 142 valence electrons. The predicted molar refractivity (Wildman–Crippen MR) is 96.0 cm³/mol. The molecule has 0 spiro atoms. The largest absolute Gasteiger partial charge is 0.493 e. The van der Waals surface area contributed by atoms with Gasteiger partial charge in [-0.1, -0.05) is 12.1 Å². The fourth-order valence-electron chi connectivity index (χ4n) is 3.53. The summed E-state index contributed by atoms with van der Waals surface area (Å²) in [5.74, 6) is 1.63. The second-order valence-corrected chi connectivity index (χ2v) is 8.14. The summed E-state index contributed by atoms with van der Waals surface area (Å²) in [6.45, 7) is 4.30. The number of benzene rings is 1. The van der Waals surface area contributed by atoms with Crippen LogP contribution in [0.1, 0.15) is 42.8 Å². The topological polar surface area (TPSA) is 81.9 Å². The standard InChI is InChI=1S/C18H24N2O5S/c1-5-15-18(12(2)19-25-15)14-7-6-10-20(14)26(21,22)13-8-9-16(23-3)17(11-13)24-4/h8-9,11,14H,5-7,10H2,1-4H3. The lowest BCUT2D eigenvalue weighted by Gasteiger charge is -2.24. The van der Waals surface area contributed by atoms with Crippen LogP contribution in [0.2, 0.25) is 0 Å². The van der Waals surface area contributed by atoms with Gasteiger partial charge in [-0.2, -0.15) is 4.31 Å². The van der Waals surface area contributed by atoms with E-state index in [4.69, 9.17) is 14.0 Å². The highest BCUT2D eigenvalue weighted by molar-refractivity contribution is 7.89. The minimum Gasteiger partial charge on any atom is -0.493 e. The van der Waals surface area contributed by atoms with E-state index in [0.717, 1.165) is 29.9 Å². The summed E-state index contributed by atoms with van der Waals surface area (Å²) >= 11 is 0. The SMILES string of the molecule is CCc1onc(C)c1C1CCCN1S(=O)(=O)c1ccc(OC)c(OC)c1. The average molecular weight is 380 g/mol. The van der Waals surface area contributed by atoms with Gasteiger partial charge in [0.15, 0.2) is 11.5 Å². The summed E-state index contributed by atoms with van der Waals surface area (Å²) in [5.41, 5.74) is 1.65. The van der Waals surface area contributed by atoms with Crippen molar-refractivity contribution in [2.45, 2.75) is 44.0 Å². The van der Waals surface area contributed by atoms with Crippen LogP contribution in [0.3, 0.4) is 0 Å². The third-order valence-electron chi connectivity index (χ3n) is 4.80. The molecule has 1 saturated heterocycles. The number of sulfonamides is 1. The van der Waals surface area contributed by atoms with E-state index in [1.807, 2.05) is 13.8 Å². The average Bonchev–Trinajstić information content (AvgIpc) is 3.27. The molecule has 1 fully saturated rings. The molecule has 0 radical (unpaired) electrons. The maximum absolute atomic E-state index is 13.3. The number of rotatable bonds is 6. The Morgan fingerprint density at radius 3 is 2.65 bits per heavy atom. The van der Waals surface area contributed by atoms with Crippen LogP contribution in [0.25, 0.3) is 0 Å². The van der Waals surface area contributed by atoms with E-state index in [9.17, 15) is 8.42 Å². The first-order valence-corrected chi connectivity index (χ1v) is 10.1. The van der Waals surface area contributed by atoms with E-state index >= 15 is 0 Å². The number of hydrogen-bond donors (Lipinski definition) is 0. The smallest absolute Gasteiger partial charge is 0.243 e. The van der Waals surface area contributed by atoms with Crippen molar-refractivity contribution in [3.05, 3.63) is 35.2 Å². The highest BCUT2D eigenvalue weighted by Gasteiger charge is 2.39. The Kier molecular flexibility index (Phi) is 5.24. The maximum atomic E-state index is 13.3. The third-order valence-corrected chi connectivity index (χ3v) is 6.71. The van der Waals surface area contributed by atoms with E-state index in [2.05, 4.69) is 5.16 Å². The lowest BCUT2D eigenvalue weighted by Crippen LogP contribution is -2.31. The molecular formula is C18H24N2O5S. The van der Waals surface area contributed by atoms with Crippen molar-refractivity contribution >= 4 is 10.0 Å². The monoisotopic (exact) mass is 380 g/mol. The van der Waals surface area contributed by atoms with Gasteiger partial charge in [0.25, 0.3) is 0 Å². The van der Waals surface area contributed by atoms with E-state index in [-0.39, 0.29) is 10.9 Å². The minimum absolute atomic E-state index is 0.189. The lowest BCUT2D eigenvalue weighted by atomic mass is 10.0. The molecule has 3 rings (SSSR count). The molecule has 2 aromatic rings. The van der Waals surface area contributed by atoms with Crippen LogP contribution in [0.5, 0.6) is 11.5 Å². The van der Waals surface area contributed by atoms with Crippen molar-refractivity contribution in [2.75, 3.05) is 20.8 Å². The Labute approximate surface area is 153 Å². The third kappa shape index (κ3) is 3.07. The Morgan fingerprint density at radius 1 is 1.27 bits per heavy atom. The molecule has 0 bridgehead atoms. The summed E-state index contributed by atoms with van der Waals surface area (Å²) in [5, 5.41) is 4.04. The second kappa shape index (κ2) is 7.28. The molecule has 1 aromatic heterocycles. The van der Waals surface area contributed by atoms with Gasteiger partial charge in [-0.15, -0.1) is 0 Å². The van der Waals surface area contributed by atoms with Gasteiger partial charge in [0.1, 0.15) is 5.76 Å². The van der Waals surface area contributed by atoms with Crippen LogP contribution in [0.4, 0.5) is 0 Å². The number of hydrogen-bond acceptors (Lipinski definition) is 6. The van der Waals surface area contributed by atoms with Crippen molar-refractivity contribution in [1.29, 1.82) is 0 Å². The summed E-state index contributed by atoms with van der Waals surface area (Å²) in [6.07, 6.45) is 2.23. The Morgan fingerprint density at radius 2 is 2.00 bits per heavy atom. The minimum atomic E-state index is -3.68. The number of aryl methyl sites for hydroxylation is 2. The molecule has 1 aliphatic rings. The van der Waals surface area contributed by atoms with E-state index in [1.54, 1.807) is 16.4 Å². The Balaban J connectivity index is 2.02. The van der Waals surface area contributed by atoms with Crippen LogP contribution in [-0.2, 0) is 16.4 Å². The second-order valence-electron chi connectivity index (χ2n) is 6.25. The molecule has 1 aliphatic heterocycles. The zero-order chi connectivity index (χ0) is 18.9. The number of aromatic nitrogens is 1. The summed E-state index contributed by atoms with van der Waals surface area (Å²) in [7, 11) is -0.681. The number of methoxy groups -OCH3 is 2. The summed E-state index contributed by atoms with van der Waals surface area (Å²) in [6, 6.07) is 4.41. The Bertz CT molecular complexity index is 891. The van der Waals surface area contributed by atoms with Crippen molar-refractivity contribution in [3.63, 3.8) is 0 Å². The molecule has 0 aliphatic carbocycles. The first kappa shape index (κ1) is 18.7. The quantitative estimate of drug-likeness (QED) is 0.766. The highest BCUT2D eigenvalue weighted by atomic mass is 32.2. The summed E-state index contributed by atoms with van der Waals surface area (Å²) in [4.78, 5) is 0.189. The van der Waals surface area contributed by atoms with E-state index < -0.39 is 10.0 Å². The highest BCUT2D eigenvalue weighted by Crippen LogP contribution is 2.40. The fraction of sp³-hybridized carbons (Fsp3) is 0.500. The zero-order valence-corrected chi connectivity index (χ0v) is 16.3. The molecular weight excluding hydrogens is 356 g/mol. The van der Waals surface area contributed by atoms with Gasteiger partial charge in [0, 0.05) is 24.6 Å². The van der Waals surface area contributed by atoms with Crippen molar-refractivity contribution in [1.82, 2.24) is 9.46 Å². The normalized spacial score (nSPS) is 18.2. The zero-order valence-electron chi connectivity index (χ0n) is 15.5. The van der Waals surface area contributed by atoms with E-state index in [0.29, 0.717) is 24.5 Å². The summed E-state index contributed by atoms with van der Waals surface area (Å²) < 4.78 is 44.0. The van der Waals surface area contributed by atoms with Gasteiger partial charge in [-0.3, -0.25) is 0 Å².